The highest BCUT2D eigenvalue weighted by atomic mass is 16.3. The molecule has 26 heavy (non-hydrogen) atoms. The molecule has 0 aromatic heterocycles. The van der Waals surface area contributed by atoms with Gasteiger partial charge in [0.15, 0.2) is 0 Å². The zero-order valence-electron chi connectivity index (χ0n) is 16.6. The number of hydrogen-bond acceptors (Lipinski definition) is 2. The Labute approximate surface area is 158 Å². The van der Waals surface area contributed by atoms with Crippen LogP contribution in [0.1, 0.15) is 79.7 Å². The molecule has 0 saturated heterocycles. The molecule has 0 atom stereocenters. The molecule has 2 heteroatoms. The number of phenols is 2. The lowest BCUT2D eigenvalue weighted by Crippen LogP contribution is -1.96. The van der Waals surface area contributed by atoms with Gasteiger partial charge in [-0.3, -0.25) is 0 Å². The molecule has 0 unspecified atom stereocenters. The summed E-state index contributed by atoms with van der Waals surface area (Å²) in [6, 6.07) is 9.77. The van der Waals surface area contributed by atoms with Crippen LogP contribution in [0.2, 0.25) is 0 Å². The number of aryl methyl sites for hydroxylation is 3. The quantitative estimate of drug-likeness (QED) is 0.472. The lowest BCUT2D eigenvalue weighted by atomic mass is 9.95. The van der Waals surface area contributed by atoms with E-state index in [1.807, 2.05) is 25.1 Å². The van der Waals surface area contributed by atoms with Crippen molar-refractivity contribution in [2.75, 3.05) is 0 Å². The molecule has 142 valence electrons. The van der Waals surface area contributed by atoms with E-state index in [4.69, 9.17) is 0 Å². The molecule has 2 nitrogen and oxygen atoms in total. The number of phenolic OH excluding ortho intramolecular Hbond substituents is 2. The largest absolute Gasteiger partial charge is 0.508 e. The van der Waals surface area contributed by atoms with Crippen LogP contribution in [0.15, 0.2) is 30.3 Å². The van der Waals surface area contributed by atoms with Crippen LogP contribution in [0, 0.1) is 13.8 Å². The Bertz CT molecular complexity index is 704. The van der Waals surface area contributed by atoms with Gasteiger partial charge < -0.3 is 10.2 Å². The van der Waals surface area contributed by atoms with E-state index in [1.165, 1.54) is 44.1 Å². The van der Waals surface area contributed by atoms with E-state index in [2.05, 4.69) is 19.9 Å². The van der Waals surface area contributed by atoms with Gasteiger partial charge in [0.1, 0.15) is 11.5 Å². The first-order valence-electron chi connectivity index (χ1n) is 10.1. The number of rotatable bonds is 10. The number of benzene rings is 2. The van der Waals surface area contributed by atoms with Crippen molar-refractivity contribution in [2.24, 2.45) is 0 Å². The zero-order chi connectivity index (χ0) is 18.9. The molecule has 0 saturated carbocycles. The van der Waals surface area contributed by atoms with Crippen LogP contribution in [0.3, 0.4) is 0 Å². The second kappa shape index (κ2) is 10.3. The van der Waals surface area contributed by atoms with Gasteiger partial charge in [-0.1, -0.05) is 80.8 Å². The van der Waals surface area contributed by atoms with Crippen LogP contribution < -0.4 is 0 Å². The lowest BCUT2D eigenvalue weighted by molar-refractivity contribution is 0.456. The SMILES string of the molecule is CCCCCCCCCc1cc(C)cc(Cc2cc(C)ccc2O)c1O. The molecule has 2 rings (SSSR count). The molecule has 0 aliphatic heterocycles. The molecule has 2 N–H and O–H groups in total. The maximum absolute atomic E-state index is 10.7. The summed E-state index contributed by atoms with van der Waals surface area (Å²) >= 11 is 0. The minimum atomic E-state index is 0.296. The summed E-state index contributed by atoms with van der Waals surface area (Å²) in [5.74, 6) is 0.702. The number of unbranched alkanes of at least 4 members (excludes halogenated alkanes) is 6. The van der Waals surface area contributed by atoms with E-state index >= 15 is 0 Å². The molecular weight excluding hydrogens is 320 g/mol. The Morgan fingerprint density at radius 1 is 0.692 bits per heavy atom. The first-order valence-corrected chi connectivity index (χ1v) is 10.1. The van der Waals surface area contributed by atoms with Gasteiger partial charge in [0.2, 0.25) is 0 Å². The molecule has 0 aliphatic carbocycles. The average Bonchev–Trinajstić information content (AvgIpc) is 2.61. The van der Waals surface area contributed by atoms with E-state index in [0.29, 0.717) is 17.9 Å². The van der Waals surface area contributed by atoms with Crippen LogP contribution >= 0.6 is 0 Å². The van der Waals surface area contributed by atoms with E-state index in [1.54, 1.807) is 6.07 Å². The smallest absolute Gasteiger partial charge is 0.122 e. The Morgan fingerprint density at radius 2 is 1.31 bits per heavy atom. The third-order valence-electron chi connectivity index (χ3n) is 5.08. The Morgan fingerprint density at radius 3 is 2.04 bits per heavy atom. The van der Waals surface area contributed by atoms with Crippen molar-refractivity contribution in [3.8, 4) is 11.5 Å². The van der Waals surface area contributed by atoms with Crippen molar-refractivity contribution < 1.29 is 10.2 Å². The van der Waals surface area contributed by atoms with E-state index in [9.17, 15) is 10.2 Å². The summed E-state index contributed by atoms with van der Waals surface area (Å²) in [4.78, 5) is 0. The zero-order valence-corrected chi connectivity index (χ0v) is 16.6. The van der Waals surface area contributed by atoms with Crippen LogP contribution in [0.25, 0.3) is 0 Å². The Kier molecular flexibility index (Phi) is 8.03. The van der Waals surface area contributed by atoms with Crippen molar-refractivity contribution in [3.05, 3.63) is 58.1 Å². The van der Waals surface area contributed by atoms with Crippen molar-refractivity contribution >= 4 is 0 Å². The predicted molar refractivity (Wildman–Crippen MR) is 110 cm³/mol. The van der Waals surface area contributed by atoms with Crippen molar-refractivity contribution in [1.29, 1.82) is 0 Å². The van der Waals surface area contributed by atoms with Crippen LogP contribution in [0.4, 0.5) is 0 Å². The van der Waals surface area contributed by atoms with E-state index < -0.39 is 0 Å². The number of aromatic hydroxyl groups is 2. The second-order valence-electron chi connectivity index (χ2n) is 7.61. The van der Waals surface area contributed by atoms with Gasteiger partial charge in [-0.05, 0) is 49.4 Å². The van der Waals surface area contributed by atoms with Crippen molar-refractivity contribution in [3.63, 3.8) is 0 Å². The number of hydrogen-bond donors (Lipinski definition) is 2. The summed E-state index contributed by atoms with van der Waals surface area (Å²) in [7, 11) is 0. The molecular formula is C24H34O2. The fraction of sp³-hybridized carbons (Fsp3) is 0.500. The maximum Gasteiger partial charge on any atom is 0.122 e. The molecule has 0 fully saturated rings. The first-order chi connectivity index (χ1) is 12.5. The van der Waals surface area contributed by atoms with Crippen molar-refractivity contribution in [2.45, 2.75) is 78.6 Å². The maximum atomic E-state index is 10.7. The van der Waals surface area contributed by atoms with E-state index in [0.717, 1.165) is 35.1 Å². The van der Waals surface area contributed by atoms with E-state index in [-0.39, 0.29) is 0 Å². The summed E-state index contributed by atoms with van der Waals surface area (Å²) in [6.45, 7) is 6.34. The standard InChI is InChI=1S/C24H34O2/c1-4-5-6-7-8-9-10-11-20-15-19(3)16-22(24(20)26)17-21-14-18(2)12-13-23(21)25/h12-16,25-26H,4-11,17H2,1-3H3. The highest BCUT2D eigenvalue weighted by Gasteiger charge is 2.11. The van der Waals surface area contributed by atoms with Gasteiger partial charge in [-0.2, -0.15) is 0 Å². The van der Waals surface area contributed by atoms with Gasteiger partial charge in [0.05, 0.1) is 0 Å². The third-order valence-corrected chi connectivity index (χ3v) is 5.08. The molecule has 0 amide bonds. The summed E-state index contributed by atoms with van der Waals surface area (Å²) in [5.41, 5.74) is 5.11. The molecule has 0 aliphatic rings. The fourth-order valence-electron chi connectivity index (χ4n) is 3.59. The minimum absolute atomic E-state index is 0.296. The highest BCUT2D eigenvalue weighted by Crippen LogP contribution is 2.31. The second-order valence-corrected chi connectivity index (χ2v) is 7.61. The topological polar surface area (TPSA) is 40.5 Å². The van der Waals surface area contributed by atoms with Crippen molar-refractivity contribution in [1.82, 2.24) is 0 Å². The molecule has 0 bridgehead atoms. The lowest BCUT2D eigenvalue weighted by Gasteiger charge is -2.13. The monoisotopic (exact) mass is 354 g/mol. The summed E-state index contributed by atoms with van der Waals surface area (Å²) in [6.07, 6.45) is 10.4. The molecule has 0 heterocycles. The minimum Gasteiger partial charge on any atom is -0.508 e. The fourth-order valence-corrected chi connectivity index (χ4v) is 3.59. The van der Waals surface area contributed by atoms with Gasteiger partial charge in [-0.25, -0.2) is 0 Å². The highest BCUT2D eigenvalue weighted by molar-refractivity contribution is 5.48. The van der Waals surface area contributed by atoms with Gasteiger partial charge >= 0.3 is 0 Å². The van der Waals surface area contributed by atoms with Gasteiger partial charge in [0, 0.05) is 6.42 Å². The van der Waals surface area contributed by atoms with Gasteiger partial charge in [0.25, 0.3) is 0 Å². The normalized spacial score (nSPS) is 11.0. The van der Waals surface area contributed by atoms with Crippen LogP contribution in [0.5, 0.6) is 11.5 Å². The summed E-state index contributed by atoms with van der Waals surface area (Å²) in [5, 5.41) is 20.8. The molecule has 2 aromatic rings. The Hall–Kier alpha value is -1.96. The molecule has 2 aromatic carbocycles. The van der Waals surface area contributed by atoms with Gasteiger partial charge in [-0.15, -0.1) is 0 Å². The summed E-state index contributed by atoms with van der Waals surface area (Å²) < 4.78 is 0. The predicted octanol–water partition coefficient (Wildman–Crippen LogP) is 6.60. The molecule has 0 spiro atoms. The first kappa shape index (κ1) is 20.4. The van der Waals surface area contributed by atoms with Crippen LogP contribution in [-0.4, -0.2) is 10.2 Å². The molecule has 0 radical (unpaired) electrons. The van der Waals surface area contributed by atoms with Crippen LogP contribution in [-0.2, 0) is 12.8 Å². The third kappa shape index (κ3) is 6.09. The Balaban J connectivity index is 2.00. The average molecular weight is 355 g/mol.